The molecule has 0 bridgehead atoms. The zero-order valence-electron chi connectivity index (χ0n) is 15.8. The van der Waals surface area contributed by atoms with Crippen molar-refractivity contribution in [2.75, 3.05) is 24.5 Å². The summed E-state index contributed by atoms with van der Waals surface area (Å²) in [6.07, 6.45) is -1.40. The number of aromatic nitrogens is 3. The topological polar surface area (TPSA) is 91.6 Å². The highest BCUT2D eigenvalue weighted by Crippen LogP contribution is 2.35. The van der Waals surface area contributed by atoms with E-state index in [9.17, 15) is 18.0 Å². The second-order valence-corrected chi connectivity index (χ2v) is 8.10. The largest absolute Gasteiger partial charge is 0.490 e. The Morgan fingerprint density at radius 3 is 2.52 bits per heavy atom. The third kappa shape index (κ3) is 4.93. The number of carbonyl (C=O) groups excluding carboxylic acids is 1. The van der Waals surface area contributed by atoms with Gasteiger partial charge in [0.05, 0.1) is 28.5 Å². The molecule has 2 aromatic rings. The molecule has 0 aliphatic carbocycles. The van der Waals surface area contributed by atoms with Crippen molar-refractivity contribution in [3.63, 3.8) is 0 Å². The van der Waals surface area contributed by atoms with Gasteiger partial charge in [-0.2, -0.15) is 18.3 Å². The van der Waals surface area contributed by atoms with E-state index >= 15 is 0 Å². The number of alkyl halides is 3. The maximum absolute atomic E-state index is 12.6. The summed E-state index contributed by atoms with van der Waals surface area (Å²) in [5.41, 5.74) is 2.04. The van der Waals surface area contributed by atoms with Crippen molar-refractivity contribution >= 4 is 28.9 Å². The summed E-state index contributed by atoms with van der Waals surface area (Å²) in [6.45, 7) is 5.52. The first-order chi connectivity index (χ1) is 13.5. The number of rotatable bonds is 3. The molecule has 158 valence electrons. The molecule has 0 aromatic carbocycles. The van der Waals surface area contributed by atoms with Crippen LogP contribution < -0.4 is 4.90 Å². The number of carboxylic acids is 1. The van der Waals surface area contributed by atoms with Crippen LogP contribution in [0.1, 0.15) is 10.7 Å². The molecule has 0 spiro atoms. The third-order valence-corrected chi connectivity index (χ3v) is 5.64. The quantitative estimate of drug-likeness (QED) is 0.799. The molecule has 2 atom stereocenters. The van der Waals surface area contributed by atoms with E-state index < -0.39 is 12.1 Å². The van der Waals surface area contributed by atoms with Crippen molar-refractivity contribution in [1.82, 2.24) is 19.7 Å². The van der Waals surface area contributed by atoms with Gasteiger partial charge in [-0.1, -0.05) is 0 Å². The average Bonchev–Trinajstić information content (AvgIpc) is 3.36. The number of hydrogen-bond acceptors (Lipinski definition) is 6. The van der Waals surface area contributed by atoms with Gasteiger partial charge in [-0.25, -0.2) is 9.78 Å². The van der Waals surface area contributed by atoms with Crippen LogP contribution in [0.25, 0.3) is 0 Å². The summed E-state index contributed by atoms with van der Waals surface area (Å²) in [4.78, 5) is 30.3. The molecule has 8 nitrogen and oxygen atoms in total. The number of amides is 1. The highest BCUT2D eigenvalue weighted by molar-refractivity contribution is 7.09. The Hall–Kier alpha value is -2.47. The molecule has 2 aromatic heterocycles. The Balaban J connectivity index is 0.000000298. The van der Waals surface area contributed by atoms with E-state index in [1.54, 1.807) is 22.2 Å². The van der Waals surface area contributed by atoms with E-state index in [-0.39, 0.29) is 11.8 Å². The molecule has 0 radical (unpaired) electrons. The fourth-order valence-corrected chi connectivity index (χ4v) is 4.17. The molecule has 4 rings (SSSR count). The summed E-state index contributed by atoms with van der Waals surface area (Å²) in [7, 11) is 1.88. The first-order valence-electron chi connectivity index (χ1n) is 8.78. The van der Waals surface area contributed by atoms with Crippen LogP contribution in [0.4, 0.5) is 18.9 Å². The lowest BCUT2D eigenvalue weighted by Crippen LogP contribution is -2.32. The Morgan fingerprint density at radius 2 is 2.03 bits per heavy atom. The molecule has 2 fully saturated rings. The summed E-state index contributed by atoms with van der Waals surface area (Å²) < 4.78 is 33.5. The predicted molar refractivity (Wildman–Crippen MR) is 98.4 cm³/mol. The average molecular weight is 431 g/mol. The van der Waals surface area contributed by atoms with Crippen molar-refractivity contribution < 1.29 is 27.9 Å². The Kier molecular flexibility index (Phi) is 5.94. The van der Waals surface area contributed by atoms with E-state index in [0.29, 0.717) is 5.92 Å². The van der Waals surface area contributed by atoms with Gasteiger partial charge in [-0.3, -0.25) is 14.4 Å². The number of aryl methyl sites for hydroxylation is 2. The molecule has 29 heavy (non-hydrogen) atoms. The fourth-order valence-electron chi connectivity index (χ4n) is 3.57. The van der Waals surface area contributed by atoms with Crippen LogP contribution in [0.5, 0.6) is 0 Å². The minimum absolute atomic E-state index is 0.125. The first kappa shape index (κ1) is 21.2. The second-order valence-electron chi connectivity index (χ2n) is 7.04. The smallest absolute Gasteiger partial charge is 0.475 e. The number of nitrogens with zero attached hydrogens (tertiary/aromatic N) is 5. The van der Waals surface area contributed by atoms with Gasteiger partial charge in [0, 0.05) is 50.7 Å². The van der Waals surface area contributed by atoms with Gasteiger partial charge < -0.3 is 10.0 Å². The van der Waals surface area contributed by atoms with Crippen molar-refractivity contribution in [3.05, 3.63) is 28.5 Å². The fraction of sp³-hybridized carbons (Fsp3) is 0.529. The van der Waals surface area contributed by atoms with E-state index in [1.165, 1.54) is 0 Å². The highest BCUT2D eigenvalue weighted by Gasteiger charge is 2.46. The van der Waals surface area contributed by atoms with Gasteiger partial charge in [0.15, 0.2) is 0 Å². The zero-order valence-corrected chi connectivity index (χ0v) is 16.6. The number of fused-ring (bicyclic) bond motifs is 1. The Morgan fingerprint density at radius 1 is 1.34 bits per heavy atom. The van der Waals surface area contributed by atoms with E-state index in [2.05, 4.69) is 20.4 Å². The normalized spacial score (nSPS) is 21.8. The SMILES string of the molecule is Cc1nc(CN2C[C@H]3CN(c4cnn(C)c4)C(=O)[C@H]3C2)cs1.O=C(O)C(F)(F)F. The van der Waals surface area contributed by atoms with Crippen LogP contribution in [0.2, 0.25) is 0 Å². The molecule has 2 aliphatic rings. The molecule has 1 amide bonds. The van der Waals surface area contributed by atoms with Gasteiger partial charge in [0.25, 0.3) is 0 Å². The van der Waals surface area contributed by atoms with Gasteiger partial charge in [-0.15, -0.1) is 11.3 Å². The van der Waals surface area contributed by atoms with Crippen LogP contribution >= 0.6 is 11.3 Å². The summed E-state index contributed by atoms with van der Waals surface area (Å²) in [5, 5.41) is 14.5. The van der Waals surface area contributed by atoms with Gasteiger partial charge in [-0.05, 0) is 6.92 Å². The molecule has 2 saturated heterocycles. The Labute approximate surface area is 168 Å². The van der Waals surface area contributed by atoms with Crippen LogP contribution in [-0.4, -0.2) is 62.5 Å². The number of aliphatic carboxylic acids is 1. The van der Waals surface area contributed by atoms with Gasteiger partial charge in [0.1, 0.15) is 0 Å². The Bertz CT molecular complexity index is 897. The zero-order chi connectivity index (χ0) is 21.3. The standard InChI is InChI=1S/C15H19N5OS.C2HF3O2/c1-10-17-12(9-22-10)6-19-4-11-5-20(15(21)14(11)8-19)13-3-16-18(2)7-13;3-2(4,5)1(6)7/h3,7,9,11,14H,4-6,8H2,1-2H3;(H,6,7)/t11-,14-;/m0./s1. The van der Waals surface area contributed by atoms with Crippen LogP contribution in [0, 0.1) is 18.8 Å². The number of halogens is 3. The minimum atomic E-state index is -5.08. The first-order valence-corrected chi connectivity index (χ1v) is 9.66. The third-order valence-electron chi connectivity index (χ3n) is 4.81. The summed E-state index contributed by atoms with van der Waals surface area (Å²) in [6, 6.07) is 0. The molecule has 1 N–H and O–H groups in total. The number of anilines is 1. The molecule has 2 aliphatic heterocycles. The lowest BCUT2D eigenvalue weighted by molar-refractivity contribution is -0.192. The maximum atomic E-state index is 12.6. The monoisotopic (exact) mass is 431 g/mol. The number of likely N-dealkylation sites (tertiary alicyclic amines) is 1. The number of carboxylic acid groups (broad SMARTS) is 1. The van der Waals surface area contributed by atoms with E-state index in [4.69, 9.17) is 9.90 Å². The summed E-state index contributed by atoms with van der Waals surface area (Å²) >= 11 is 1.69. The minimum Gasteiger partial charge on any atom is -0.475 e. The van der Waals surface area contributed by atoms with Crippen LogP contribution in [-0.2, 0) is 23.2 Å². The lowest BCUT2D eigenvalue weighted by atomic mass is 10.0. The molecule has 12 heteroatoms. The second kappa shape index (κ2) is 8.11. The van der Waals surface area contributed by atoms with Crippen LogP contribution in [0.15, 0.2) is 17.8 Å². The van der Waals surface area contributed by atoms with Crippen molar-refractivity contribution in [1.29, 1.82) is 0 Å². The number of hydrogen-bond donors (Lipinski definition) is 1. The number of thiazole rings is 1. The predicted octanol–water partition coefficient (Wildman–Crippen LogP) is 1.91. The highest BCUT2D eigenvalue weighted by atomic mass is 32.1. The maximum Gasteiger partial charge on any atom is 0.490 e. The molecule has 0 unspecified atom stereocenters. The van der Waals surface area contributed by atoms with Gasteiger partial charge in [0.2, 0.25) is 5.91 Å². The molecular weight excluding hydrogens is 411 g/mol. The summed E-state index contributed by atoms with van der Waals surface area (Å²) in [5.74, 6) is -1.96. The molecular formula is C17H20F3N5O3S. The lowest BCUT2D eigenvalue weighted by Gasteiger charge is -2.19. The molecule has 0 saturated carbocycles. The van der Waals surface area contributed by atoms with Crippen molar-refractivity contribution in [2.45, 2.75) is 19.6 Å². The van der Waals surface area contributed by atoms with Crippen LogP contribution in [0.3, 0.4) is 0 Å². The van der Waals surface area contributed by atoms with Gasteiger partial charge >= 0.3 is 12.1 Å². The van der Waals surface area contributed by atoms with E-state index in [1.807, 2.05) is 25.1 Å². The van der Waals surface area contributed by atoms with E-state index in [0.717, 1.165) is 42.6 Å². The van der Waals surface area contributed by atoms with Crippen molar-refractivity contribution in [3.8, 4) is 0 Å². The molecule has 4 heterocycles. The number of carbonyl (C=O) groups is 2. The van der Waals surface area contributed by atoms with Crippen molar-refractivity contribution in [2.24, 2.45) is 18.9 Å².